The molecule has 3 atom stereocenters. The average Bonchev–Trinajstić information content (AvgIpc) is 2.41. The van der Waals surface area contributed by atoms with Crippen LogP contribution in [-0.2, 0) is 14.3 Å². The molecule has 0 spiro atoms. The van der Waals surface area contributed by atoms with Crippen LogP contribution < -0.4 is 0 Å². The van der Waals surface area contributed by atoms with Gasteiger partial charge in [-0.2, -0.15) is 0 Å². The van der Waals surface area contributed by atoms with Crippen molar-refractivity contribution in [2.24, 2.45) is 0 Å². The molecule has 0 unspecified atom stereocenters. The van der Waals surface area contributed by atoms with Crippen molar-refractivity contribution in [3.8, 4) is 0 Å². The highest BCUT2D eigenvalue weighted by Gasteiger charge is 2.32. The maximum Gasteiger partial charge on any atom is 0.330 e. The van der Waals surface area contributed by atoms with Gasteiger partial charge in [-0.15, -0.1) is 0 Å². The fraction of sp³-hybridized carbons (Fsp3) is 0.357. The topological polar surface area (TPSA) is 55.8 Å². The van der Waals surface area contributed by atoms with Crippen molar-refractivity contribution in [3.63, 3.8) is 0 Å². The number of cyclic esters (lactones) is 1. The molecule has 4 heteroatoms. The van der Waals surface area contributed by atoms with Gasteiger partial charge in [0.2, 0.25) is 0 Å². The number of aliphatic hydroxyl groups is 1. The zero-order valence-corrected chi connectivity index (χ0v) is 10.2. The van der Waals surface area contributed by atoms with Crippen LogP contribution >= 0.6 is 0 Å². The molecule has 0 bridgehead atoms. The molecule has 4 nitrogen and oxygen atoms in total. The third-order valence-corrected chi connectivity index (χ3v) is 2.96. The normalized spacial score (nSPS) is 22.3. The second-order valence-corrected chi connectivity index (χ2v) is 4.17. The SMILES string of the molecule is CO[C@@H](c1ccccc1)[C@H](O)[C@@H]1CC=CC(=O)O1. The number of methoxy groups -OCH3 is 1. The van der Waals surface area contributed by atoms with E-state index in [1.165, 1.54) is 13.2 Å². The van der Waals surface area contributed by atoms with E-state index in [0.717, 1.165) is 5.56 Å². The summed E-state index contributed by atoms with van der Waals surface area (Å²) in [6.45, 7) is 0. The Balaban J connectivity index is 2.13. The van der Waals surface area contributed by atoms with Crippen molar-refractivity contribution < 1.29 is 19.4 Å². The van der Waals surface area contributed by atoms with Crippen molar-refractivity contribution >= 4 is 5.97 Å². The lowest BCUT2D eigenvalue weighted by atomic mass is 9.97. The third-order valence-electron chi connectivity index (χ3n) is 2.96. The van der Waals surface area contributed by atoms with Crippen LogP contribution in [0.3, 0.4) is 0 Å². The van der Waals surface area contributed by atoms with Crippen molar-refractivity contribution in [2.75, 3.05) is 7.11 Å². The first-order valence-electron chi connectivity index (χ1n) is 5.85. The van der Waals surface area contributed by atoms with E-state index in [1.807, 2.05) is 30.3 Å². The van der Waals surface area contributed by atoms with Crippen molar-refractivity contribution in [3.05, 3.63) is 48.0 Å². The van der Waals surface area contributed by atoms with Crippen molar-refractivity contribution in [2.45, 2.75) is 24.7 Å². The highest BCUT2D eigenvalue weighted by Crippen LogP contribution is 2.26. The van der Waals surface area contributed by atoms with E-state index in [2.05, 4.69) is 0 Å². The summed E-state index contributed by atoms with van der Waals surface area (Å²) in [5.74, 6) is -0.423. The molecule has 0 fully saturated rings. The molecule has 0 aliphatic carbocycles. The van der Waals surface area contributed by atoms with Crippen LogP contribution in [0.25, 0.3) is 0 Å². The smallest absolute Gasteiger partial charge is 0.330 e. The molecule has 1 aromatic carbocycles. The molecule has 0 saturated carbocycles. The summed E-state index contributed by atoms with van der Waals surface area (Å²) in [6.07, 6.45) is 1.62. The predicted octanol–water partition coefficient (Wildman–Crippen LogP) is 1.61. The maximum absolute atomic E-state index is 11.2. The summed E-state index contributed by atoms with van der Waals surface area (Å²) in [5.41, 5.74) is 0.859. The van der Waals surface area contributed by atoms with E-state index < -0.39 is 24.3 Å². The van der Waals surface area contributed by atoms with Gasteiger partial charge in [-0.1, -0.05) is 36.4 Å². The lowest BCUT2D eigenvalue weighted by Crippen LogP contribution is -2.37. The Bertz CT molecular complexity index is 427. The minimum atomic E-state index is -0.883. The number of aliphatic hydroxyl groups excluding tert-OH is 1. The quantitative estimate of drug-likeness (QED) is 0.822. The van der Waals surface area contributed by atoms with Crippen molar-refractivity contribution in [1.82, 2.24) is 0 Å². The summed E-state index contributed by atoms with van der Waals surface area (Å²) < 4.78 is 10.4. The number of carbonyl (C=O) groups excluding carboxylic acids is 1. The Labute approximate surface area is 106 Å². The second-order valence-electron chi connectivity index (χ2n) is 4.17. The minimum absolute atomic E-state index is 0.423. The molecule has 1 aliphatic heterocycles. The summed E-state index contributed by atoms with van der Waals surface area (Å²) in [7, 11) is 1.53. The summed E-state index contributed by atoms with van der Waals surface area (Å²) in [4.78, 5) is 11.2. The van der Waals surface area contributed by atoms with Gasteiger partial charge in [-0.25, -0.2) is 4.79 Å². The molecule has 1 aliphatic rings. The molecule has 18 heavy (non-hydrogen) atoms. The standard InChI is InChI=1S/C14H16O4/c1-17-14(10-6-3-2-4-7-10)13(16)11-8-5-9-12(15)18-11/h2-7,9,11,13-14,16H,8H2,1H3/t11-,13+,14-/m0/s1. The zero-order valence-electron chi connectivity index (χ0n) is 10.2. The molecular weight excluding hydrogens is 232 g/mol. The zero-order chi connectivity index (χ0) is 13.0. The summed E-state index contributed by atoms with van der Waals surface area (Å²) >= 11 is 0. The number of ether oxygens (including phenoxy) is 2. The highest BCUT2D eigenvalue weighted by atomic mass is 16.6. The van der Waals surface area contributed by atoms with Gasteiger partial charge in [-0.05, 0) is 5.56 Å². The number of esters is 1. The number of hydrogen-bond donors (Lipinski definition) is 1. The predicted molar refractivity (Wildman–Crippen MR) is 65.8 cm³/mol. The fourth-order valence-electron chi connectivity index (χ4n) is 2.05. The molecule has 96 valence electrons. The molecular formula is C14H16O4. The summed E-state index contributed by atoms with van der Waals surface area (Å²) in [5, 5.41) is 10.3. The van der Waals surface area contributed by atoms with Gasteiger partial charge < -0.3 is 14.6 Å². The van der Waals surface area contributed by atoms with Crippen LogP contribution in [0.15, 0.2) is 42.5 Å². The van der Waals surface area contributed by atoms with E-state index in [0.29, 0.717) is 6.42 Å². The molecule has 0 radical (unpaired) electrons. The van der Waals surface area contributed by atoms with E-state index in [-0.39, 0.29) is 0 Å². The van der Waals surface area contributed by atoms with Gasteiger partial charge in [0.25, 0.3) is 0 Å². The molecule has 1 aromatic rings. The fourth-order valence-corrected chi connectivity index (χ4v) is 2.05. The molecule has 0 saturated heterocycles. The third kappa shape index (κ3) is 2.78. The molecule has 0 aromatic heterocycles. The van der Waals surface area contributed by atoms with Crippen LogP contribution in [0.2, 0.25) is 0 Å². The number of benzene rings is 1. The summed E-state index contributed by atoms with van der Waals surface area (Å²) in [6, 6.07) is 9.39. The Hall–Kier alpha value is -1.65. The molecule has 1 heterocycles. The van der Waals surface area contributed by atoms with Crippen LogP contribution in [0.1, 0.15) is 18.1 Å². The lowest BCUT2D eigenvalue weighted by Gasteiger charge is -2.29. The minimum Gasteiger partial charge on any atom is -0.456 e. The Kier molecular flexibility index (Phi) is 4.12. The van der Waals surface area contributed by atoms with Crippen LogP contribution in [0.4, 0.5) is 0 Å². The largest absolute Gasteiger partial charge is 0.456 e. The van der Waals surface area contributed by atoms with Crippen molar-refractivity contribution in [1.29, 1.82) is 0 Å². The van der Waals surface area contributed by atoms with E-state index >= 15 is 0 Å². The van der Waals surface area contributed by atoms with Gasteiger partial charge in [-0.3, -0.25) is 0 Å². The van der Waals surface area contributed by atoms with Crippen LogP contribution in [0.5, 0.6) is 0 Å². The van der Waals surface area contributed by atoms with Gasteiger partial charge in [0.05, 0.1) is 0 Å². The molecule has 2 rings (SSSR count). The van der Waals surface area contributed by atoms with Gasteiger partial charge in [0, 0.05) is 19.6 Å². The van der Waals surface area contributed by atoms with Gasteiger partial charge in [0.1, 0.15) is 18.3 Å². The average molecular weight is 248 g/mol. The first-order chi connectivity index (χ1) is 8.72. The van der Waals surface area contributed by atoms with Gasteiger partial charge in [0.15, 0.2) is 0 Å². The Morgan fingerprint density at radius 1 is 1.39 bits per heavy atom. The van der Waals surface area contributed by atoms with E-state index in [9.17, 15) is 9.90 Å². The number of rotatable bonds is 4. The first-order valence-corrected chi connectivity index (χ1v) is 5.85. The molecule has 0 amide bonds. The van der Waals surface area contributed by atoms with Crippen LogP contribution in [-0.4, -0.2) is 30.4 Å². The second kappa shape index (κ2) is 5.80. The monoisotopic (exact) mass is 248 g/mol. The van der Waals surface area contributed by atoms with Crippen LogP contribution in [0, 0.1) is 0 Å². The van der Waals surface area contributed by atoms with E-state index in [4.69, 9.17) is 9.47 Å². The molecule has 1 N–H and O–H groups in total. The number of hydrogen-bond acceptors (Lipinski definition) is 4. The maximum atomic E-state index is 11.2. The van der Waals surface area contributed by atoms with E-state index in [1.54, 1.807) is 6.08 Å². The highest BCUT2D eigenvalue weighted by molar-refractivity contribution is 5.82. The van der Waals surface area contributed by atoms with Gasteiger partial charge >= 0.3 is 5.97 Å². The lowest BCUT2D eigenvalue weighted by molar-refractivity contribution is -0.157. The number of carbonyl (C=O) groups is 1. The first kappa shape index (κ1) is 12.8. The Morgan fingerprint density at radius 3 is 2.72 bits per heavy atom. The Morgan fingerprint density at radius 2 is 2.11 bits per heavy atom.